The minimum atomic E-state index is -0.711. The number of amides is 3. The Morgan fingerprint density at radius 3 is 2.46 bits per heavy atom. The summed E-state index contributed by atoms with van der Waals surface area (Å²) in [5.74, 6) is -0.360. The molecular formula is C17H18BrN5O2S. The molecule has 0 bridgehead atoms. The predicted molar refractivity (Wildman–Crippen MR) is 108 cm³/mol. The van der Waals surface area contributed by atoms with E-state index in [1.54, 1.807) is 6.07 Å². The van der Waals surface area contributed by atoms with Crippen molar-refractivity contribution >= 4 is 50.9 Å². The number of thiocarbonyl (C=S) groups is 1. The highest BCUT2D eigenvalue weighted by Crippen LogP contribution is 2.20. The van der Waals surface area contributed by atoms with E-state index >= 15 is 0 Å². The van der Waals surface area contributed by atoms with E-state index < -0.39 is 12.1 Å². The number of urea groups is 1. The van der Waals surface area contributed by atoms with Crippen molar-refractivity contribution in [2.24, 2.45) is 5.73 Å². The molecule has 1 unspecified atom stereocenters. The van der Waals surface area contributed by atoms with Crippen LogP contribution in [-0.2, 0) is 4.79 Å². The minimum Gasteiger partial charge on any atom is -0.352 e. The van der Waals surface area contributed by atoms with Gasteiger partial charge in [0.2, 0.25) is 5.91 Å². The van der Waals surface area contributed by atoms with Crippen LogP contribution in [0.15, 0.2) is 59.1 Å². The van der Waals surface area contributed by atoms with Crippen molar-refractivity contribution in [3.63, 3.8) is 0 Å². The summed E-state index contributed by atoms with van der Waals surface area (Å²) in [6, 6.07) is 15.3. The molecule has 2 rings (SSSR count). The van der Waals surface area contributed by atoms with Crippen molar-refractivity contribution in [2.45, 2.75) is 12.5 Å². The second-order valence-corrected chi connectivity index (χ2v) is 6.64. The van der Waals surface area contributed by atoms with Gasteiger partial charge in [-0.1, -0.05) is 46.3 Å². The van der Waals surface area contributed by atoms with Gasteiger partial charge in [0.15, 0.2) is 5.11 Å². The average Bonchev–Trinajstić information content (AvgIpc) is 2.60. The lowest BCUT2D eigenvalue weighted by molar-refractivity contribution is -0.122. The van der Waals surface area contributed by atoms with Crippen LogP contribution in [0.2, 0.25) is 0 Å². The van der Waals surface area contributed by atoms with Gasteiger partial charge < -0.3 is 16.4 Å². The van der Waals surface area contributed by atoms with Crippen molar-refractivity contribution in [3.8, 4) is 0 Å². The molecule has 0 aliphatic rings. The minimum absolute atomic E-state index is 0.0135. The summed E-state index contributed by atoms with van der Waals surface area (Å²) in [5.41, 5.74) is 11.9. The predicted octanol–water partition coefficient (Wildman–Crippen LogP) is 2.57. The number of nitrogens with one attached hydrogen (secondary N) is 4. The molecule has 0 radical (unpaired) electrons. The summed E-state index contributed by atoms with van der Waals surface area (Å²) in [4.78, 5) is 23.4. The molecule has 26 heavy (non-hydrogen) atoms. The fourth-order valence-corrected chi connectivity index (χ4v) is 2.78. The zero-order valence-electron chi connectivity index (χ0n) is 13.7. The number of halogens is 1. The van der Waals surface area contributed by atoms with Gasteiger partial charge in [-0.15, -0.1) is 0 Å². The highest BCUT2D eigenvalue weighted by Gasteiger charge is 2.18. The van der Waals surface area contributed by atoms with Crippen LogP contribution in [-0.4, -0.2) is 17.1 Å². The van der Waals surface area contributed by atoms with E-state index in [0.717, 1.165) is 15.7 Å². The number of para-hydroxylation sites is 1. The molecule has 9 heteroatoms. The van der Waals surface area contributed by atoms with Crippen LogP contribution >= 0.6 is 28.1 Å². The lowest BCUT2D eigenvalue weighted by Gasteiger charge is -2.18. The Hall–Kier alpha value is -2.65. The number of nitrogens with two attached hydrogens (primary N) is 1. The third-order valence-corrected chi connectivity index (χ3v) is 4.00. The van der Waals surface area contributed by atoms with Crippen LogP contribution < -0.4 is 27.2 Å². The second kappa shape index (κ2) is 9.73. The van der Waals surface area contributed by atoms with E-state index in [1.807, 2.05) is 48.5 Å². The van der Waals surface area contributed by atoms with Gasteiger partial charge in [-0.2, -0.15) is 0 Å². The first-order valence-electron chi connectivity index (χ1n) is 7.66. The summed E-state index contributed by atoms with van der Waals surface area (Å²) in [6.07, 6.45) is -0.0135. The largest absolute Gasteiger partial charge is 0.352 e. The Morgan fingerprint density at radius 1 is 1.08 bits per heavy atom. The Morgan fingerprint density at radius 2 is 1.81 bits per heavy atom. The zero-order valence-corrected chi connectivity index (χ0v) is 16.1. The zero-order chi connectivity index (χ0) is 18.9. The topological polar surface area (TPSA) is 108 Å². The normalized spacial score (nSPS) is 11.1. The SMILES string of the molecule is NC(=O)NC(CC(=O)NNC(=S)Nc1ccccc1)c1cccc(Br)c1. The second-order valence-electron chi connectivity index (χ2n) is 5.31. The number of carbonyl (C=O) groups excluding carboxylic acids is 2. The molecule has 2 aromatic rings. The summed E-state index contributed by atoms with van der Waals surface area (Å²) in [5, 5.41) is 5.74. The monoisotopic (exact) mass is 435 g/mol. The van der Waals surface area contributed by atoms with Crippen LogP contribution in [0.3, 0.4) is 0 Å². The summed E-state index contributed by atoms with van der Waals surface area (Å²) >= 11 is 8.48. The lowest BCUT2D eigenvalue weighted by atomic mass is 10.0. The van der Waals surface area contributed by atoms with Crippen molar-refractivity contribution in [2.75, 3.05) is 5.32 Å². The first kappa shape index (κ1) is 19.7. The first-order chi connectivity index (χ1) is 12.4. The summed E-state index contributed by atoms with van der Waals surface area (Å²) in [6.45, 7) is 0. The molecular weight excluding hydrogens is 418 g/mol. The Balaban J connectivity index is 1.90. The van der Waals surface area contributed by atoms with Crippen molar-refractivity contribution in [3.05, 3.63) is 64.6 Å². The van der Waals surface area contributed by atoms with Crippen LogP contribution in [0.25, 0.3) is 0 Å². The van der Waals surface area contributed by atoms with Gasteiger partial charge in [-0.05, 0) is 42.0 Å². The number of rotatable bonds is 5. The van der Waals surface area contributed by atoms with Crippen LogP contribution in [0.4, 0.5) is 10.5 Å². The number of hydrogen-bond donors (Lipinski definition) is 5. The van der Waals surface area contributed by atoms with Crippen LogP contribution in [0, 0.1) is 0 Å². The molecule has 0 aliphatic carbocycles. The fourth-order valence-electron chi connectivity index (χ4n) is 2.19. The van der Waals surface area contributed by atoms with Gasteiger partial charge in [0.1, 0.15) is 0 Å². The lowest BCUT2D eigenvalue weighted by Crippen LogP contribution is -2.45. The number of primary amides is 1. The maximum absolute atomic E-state index is 12.2. The summed E-state index contributed by atoms with van der Waals surface area (Å²) in [7, 11) is 0. The van der Waals surface area contributed by atoms with Gasteiger partial charge in [-0.3, -0.25) is 15.6 Å². The van der Waals surface area contributed by atoms with E-state index in [-0.39, 0.29) is 17.4 Å². The standard InChI is InChI=1S/C17H18BrN5O2S/c18-12-6-4-5-11(9-12)14(21-16(19)25)10-15(24)22-23-17(26)20-13-7-2-1-3-8-13/h1-9,14H,10H2,(H,22,24)(H3,19,21,25)(H2,20,23,26). The number of benzene rings is 2. The number of hydrazine groups is 1. The van der Waals surface area contributed by atoms with Crippen LogP contribution in [0.5, 0.6) is 0 Å². The fraction of sp³-hybridized carbons (Fsp3) is 0.118. The third kappa shape index (κ3) is 6.69. The van der Waals surface area contributed by atoms with Gasteiger partial charge in [0.05, 0.1) is 12.5 Å². The Bertz CT molecular complexity index is 788. The number of hydrogen-bond acceptors (Lipinski definition) is 3. The molecule has 0 spiro atoms. The average molecular weight is 436 g/mol. The molecule has 2 aromatic carbocycles. The summed E-state index contributed by atoms with van der Waals surface area (Å²) < 4.78 is 0.832. The van der Waals surface area contributed by atoms with E-state index in [2.05, 4.69) is 37.4 Å². The highest BCUT2D eigenvalue weighted by atomic mass is 79.9. The van der Waals surface area contributed by atoms with E-state index in [0.29, 0.717) is 0 Å². The Labute approximate surface area is 164 Å². The quantitative estimate of drug-likeness (QED) is 0.366. The van der Waals surface area contributed by atoms with Gasteiger partial charge in [0.25, 0.3) is 0 Å². The highest BCUT2D eigenvalue weighted by molar-refractivity contribution is 9.10. The molecule has 0 saturated heterocycles. The maximum Gasteiger partial charge on any atom is 0.312 e. The van der Waals surface area contributed by atoms with Crippen molar-refractivity contribution < 1.29 is 9.59 Å². The molecule has 0 fully saturated rings. The third-order valence-electron chi connectivity index (χ3n) is 3.30. The van der Waals surface area contributed by atoms with E-state index in [1.165, 1.54) is 0 Å². The molecule has 0 aliphatic heterocycles. The molecule has 0 aromatic heterocycles. The first-order valence-corrected chi connectivity index (χ1v) is 8.86. The van der Waals surface area contributed by atoms with E-state index in [9.17, 15) is 9.59 Å². The molecule has 3 amide bonds. The molecule has 6 N–H and O–H groups in total. The van der Waals surface area contributed by atoms with Crippen molar-refractivity contribution in [1.82, 2.24) is 16.2 Å². The van der Waals surface area contributed by atoms with E-state index in [4.69, 9.17) is 18.0 Å². The molecule has 1 atom stereocenters. The molecule has 0 heterocycles. The molecule has 0 saturated carbocycles. The van der Waals surface area contributed by atoms with Gasteiger partial charge in [0, 0.05) is 10.2 Å². The Kier molecular flexibility index (Phi) is 7.37. The van der Waals surface area contributed by atoms with Gasteiger partial charge >= 0.3 is 6.03 Å². The number of carbonyl (C=O) groups is 2. The van der Waals surface area contributed by atoms with Crippen molar-refractivity contribution in [1.29, 1.82) is 0 Å². The van der Waals surface area contributed by atoms with Crippen LogP contribution in [0.1, 0.15) is 18.0 Å². The maximum atomic E-state index is 12.2. The smallest absolute Gasteiger partial charge is 0.312 e. The molecule has 7 nitrogen and oxygen atoms in total. The molecule has 136 valence electrons. The van der Waals surface area contributed by atoms with Gasteiger partial charge in [-0.25, -0.2) is 4.79 Å². The number of anilines is 1.